The lowest BCUT2D eigenvalue weighted by molar-refractivity contribution is -0.317. The van der Waals surface area contributed by atoms with Crippen molar-refractivity contribution in [3.63, 3.8) is 0 Å². The zero-order valence-electron chi connectivity index (χ0n) is 36.8. The van der Waals surface area contributed by atoms with Crippen LogP contribution in [0.1, 0.15) is 95.4 Å². The van der Waals surface area contributed by atoms with Crippen LogP contribution in [0.4, 0.5) is 0 Å². The molecule has 0 aliphatic carbocycles. The summed E-state index contributed by atoms with van der Waals surface area (Å²) in [5, 5.41) is 103. The zero-order valence-corrected chi connectivity index (χ0v) is 36.8. The molecule has 16 heteroatoms. The van der Waals surface area contributed by atoms with Gasteiger partial charge >= 0.3 is 11.9 Å². The van der Waals surface area contributed by atoms with Crippen LogP contribution in [0.3, 0.4) is 0 Å². The number of ether oxygens (including phenoxy) is 4. The molecule has 0 aromatic rings. The minimum atomic E-state index is -1.89. The molecule has 1 fully saturated rings. The Morgan fingerprint density at radius 3 is 1.71 bits per heavy atom. The van der Waals surface area contributed by atoms with Gasteiger partial charge < -0.3 is 70.0 Å². The molecular weight excluding hydrogens is 772 g/mol. The second-order valence-corrected chi connectivity index (χ2v) is 17.0. The van der Waals surface area contributed by atoms with E-state index in [2.05, 4.69) is 20.8 Å². The molecule has 1 aliphatic rings. The molecule has 18 atom stereocenters. The fourth-order valence-electron chi connectivity index (χ4n) is 7.63. The molecule has 1 saturated heterocycles. The molecule has 1 heterocycles. The predicted octanol–water partition coefficient (Wildman–Crippen LogP) is 1.29. The van der Waals surface area contributed by atoms with Crippen LogP contribution < -0.4 is 0 Å². The largest absolute Gasteiger partial charge is 0.463 e. The van der Waals surface area contributed by atoms with Crippen molar-refractivity contribution in [3.8, 4) is 0 Å². The van der Waals surface area contributed by atoms with Crippen molar-refractivity contribution >= 4 is 11.9 Å². The molecule has 1 aliphatic heterocycles. The summed E-state index contributed by atoms with van der Waals surface area (Å²) in [6, 6.07) is 0. The normalized spacial score (nSPS) is 27.5. The molecule has 0 aromatic heterocycles. The monoisotopic (exact) mass is 849 g/mol. The Morgan fingerprint density at radius 1 is 0.678 bits per heavy atom. The van der Waals surface area contributed by atoms with Gasteiger partial charge in [0.2, 0.25) is 0 Å². The Hall–Kier alpha value is -2.32. The molecule has 0 radical (unpaired) electrons. The highest BCUT2D eigenvalue weighted by molar-refractivity contribution is 5.88. The van der Waals surface area contributed by atoms with E-state index in [-0.39, 0.29) is 24.0 Å². The number of hydrogen-bond donors (Lipinski definition) is 10. The van der Waals surface area contributed by atoms with Crippen molar-refractivity contribution in [1.29, 1.82) is 0 Å². The number of carbonyl (C=O) groups is 2. The van der Waals surface area contributed by atoms with E-state index >= 15 is 0 Å². The van der Waals surface area contributed by atoms with Crippen LogP contribution in [-0.2, 0) is 28.5 Å². The highest BCUT2D eigenvalue weighted by atomic mass is 16.7. The Bertz CT molecular complexity index is 1350. The quantitative estimate of drug-likeness (QED) is 0.0352. The number of esters is 2. The van der Waals surface area contributed by atoms with Gasteiger partial charge in [-0.25, -0.2) is 4.79 Å². The summed E-state index contributed by atoms with van der Waals surface area (Å²) in [6.45, 7) is 17.8. The van der Waals surface area contributed by atoms with Gasteiger partial charge in [0, 0.05) is 30.3 Å². The van der Waals surface area contributed by atoms with E-state index in [0.29, 0.717) is 23.0 Å². The molecule has 0 saturated carbocycles. The van der Waals surface area contributed by atoms with Gasteiger partial charge in [0.15, 0.2) is 12.4 Å². The van der Waals surface area contributed by atoms with Gasteiger partial charge in [-0.15, -0.1) is 0 Å². The maximum atomic E-state index is 12.8. The first-order chi connectivity index (χ1) is 27.4. The molecule has 0 spiro atoms. The molecular formula is C43H76O16. The lowest BCUT2D eigenvalue weighted by Gasteiger charge is -2.43. The van der Waals surface area contributed by atoms with E-state index in [9.17, 15) is 55.5 Å². The van der Waals surface area contributed by atoms with Gasteiger partial charge in [-0.05, 0) is 62.5 Å². The van der Waals surface area contributed by atoms with Gasteiger partial charge in [-0.1, -0.05) is 73.1 Å². The number of carbonyl (C=O) groups excluding carboxylic acids is 2. The van der Waals surface area contributed by atoms with E-state index in [1.807, 2.05) is 19.9 Å². The van der Waals surface area contributed by atoms with E-state index in [1.54, 1.807) is 33.8 Å². The zero-order chi connectivity index (χ0) is 45.5. The average molecular weight is 849 g/mol. The number of rotatable bonds is 25. The van der Waals surface area contributed by atoms with Gasteiger partial charge in [0.1, 0.15) is 49.3 Å². The van der Waals surface area contributed by atoms with Crippen LogP contribution in [-0.4, -0.2) is 156 Å². The smallest absolute Gasteiger partial charge is 0.333 e. The third kappa shape index (κ3) is 17.2. The molecule has 10 N–H and O–H groups in total. The lowest BCUT2D eigenvalue weighted by Crippen LogP contribution is -2.60. The molecule has 0 aromatic carbocycles. The van der Waals surface area contributed by atoms with Crippen LogP contribution in [0, 0.1) is 35.5 Å². The summed E-state index contributed by atoms with van der Waals surface area (Å²) >= 11 is 0. The second-order valence-electron chi connectivity index (χ2n) is 17.0. The minimum Gasteiger partial charge on any atom is -0.463 e. The minimum absolute atomic E-state index is 0.00282. The molecule has 344 valence electrons. The maximum absolute atomic E-state index is 12.8. The fourth-order valence-corrected chi connectivity index (χ4v) is 7.63. The second kappa shape index (κ2) is 26.2. The van der Waals surface area contributed by atoms with Crippen molar-refractivity contribution in [1.82, 2.24) is 0 Å². The van der Waals surface area contributed by atoms with Crippen LogP contribution in [0.5, 0.6) is 0 Å². The van der Waals surface area contributed by atoms with Gasteiger partial charge in [-0.3, -0.25) is 4.79 Å². The number of hydrogen-bond acceptors (Lipinski definition) is 16. The van der Waals surface area contributed by atoms with E-state index in [4.69, 9.17) is 24.1 Å². The van der Waals surface area contributed by atoms with Gasteiger partial charge in [0.25, 0.3) is 0 Å². The van der Waals surface area contributed by atoms with Crippen LogP contribution in [0.15, 0.2) is 34.9 Å². The molecule has 16 nitrogen and oxygen atoms in total. The summed E-state index contributed by atoms with van der Waals surface area (Å²) in [5.41, 5.74) is 1.10. The standard InChI is InChI=1S/C43H76O16/c1-12-21(2)13-22(3)14-27(8)40(59-43-39(54)38(53)37(52)33(57-43)20-56-30(11)46)28(9)16-25(6)34(49)23(4)15-24(5)35(50)26(7)17-29(10)42(55)58-41(32(48)19-45)36(51)31(47)18-44/h15-17,21-23,26-28,31-41,43-45,47-54H,12-14,18-20H2,1-11H3. The first-order valence-corrected chi connectivity index (χ1v) is 20.8. The first-order valence-electron chi connectivity index (χ1n) is 20.8. The Balaban J connectivity index is 3.28. The van der Waals surface area contributed by atoms with Crippen molar-refractivity contribution in [2.75, 3.05) is 19.8 Å². The Kier molecular flexibility index (Phi) is 24.3. The average Bonchev–Trinajstić information content (AvgIpc) is 3.18. The van der Waals surface area contributed by atoms with E-state index < -0.39 is 110 Å². The van der Waals surface area contributed by atoms with Crippen molar-refractivity contribution in [2.24, 2.45) is 35.5 Å². The Labute approximate surface area is 350 Å². The third-order valence-corrected chi connectivity index (χ3v) is 11.3. The molecule has 0 bridgehead atoms. The van der Waals surface area contributed by atoms with Crippen molar-refractivity contribution in [2.45, 2.75) is 169 Å². The predicted molar refractivity (Wildman–Crippen MR) is 218 cm³/mol. The SMILES string of the molecule is CCC(C)CC(C)CC(C)C(OC1OC(COC(C)=O)C(O)C(O)C1O)C(C)C=C(C)C(O)C(C)C=C(C)C(O)C(C)C=C(C)C(=O)OC(C(O)CO)C(O)C(O)CO. The fraction of sp³-hybridized carbons (Fsp3) is 0.814. The molecule has 18 unspecified atom stereocenters. The highest BCUT2D eigenvalue weighted by Gasteiger charge is 2.46. The highest BCUT2D eigenvalue weighted by Crippen LogP contribution is 2.33. The van der Waals surface area contributed by atoms with E-state index in [0.717, 1.165) is 19.3 Å². The topological polar surface area (TPSA) is 273 Å². The summed E-state index contributed by atoms with van der Waals surface area (Å²) in [7, 11) is 0. The van der Waals surface area contributed by atoms with Crippen LogP contribution in [0.2, 0.25) is 0 Å². The number of aliphatic hydroxyl groups is 10. The van der Waals surface area contributed by atoms with Crippen molar-refractivity contribution < 1.29 is 79.6 Å². The lowest BCUT2D eigenvalue weighted by atomic mass is 9.82. The summed E-state index contributed by atoms with van der Waals surface area (Å²) < 4.78 is 22.5. The summed E-state index contributed by atoms with van der Waals surface area (Å²) in [4.78, 5) is 24.3. The summed E-state index contributed by atoms with van der Waals surface area (Å²) in [5.74, 6) is -2.35. The maximum Gasteiger partial charge on any atom is 0.333 e. The Morgan fingerprint density at radius 2 is 1.20 bits per heavy atom. The summed E-state index contributed by atoms with van der Waals surface area (Å²) in [6.07, 6.45) is -9.28. The molecule has 0 amide bonds. The van der Waals surface area contributed by atoms with Crippen LogP contribution >= 0.6 is 0 Å². The van der Waals surface area contributed by atoms with E-state index in [1.165, 1.54) is 19.9 Å². The van der Waals surface area contributed by atoms with Gasteiger partial charge in [-0.2, -0.15) is 0 Å². The molecule has 1 rings (SSSR count). The number of aliphatic hydroxyl groups excluding tert-OH is 10. The third-order valence-electron chi connectivity index (χ3n) is 11.3. The van der Waals surface area contributed by atoms with Gasteiger partial charge in [0.05, 0.1) is 31.5 Å². The first kappa shape index (κ1) is 54.7. The molecule has 59 heavy (non-hydrogen) atoms. The van der Waals surface area contributed by atoms with Crippen LogP contribution in [0.25, 0.3) is 0 Å². The van der Waals surface area contributed by atoms with Crippen molar-refractivity contribution in [3.05, 3.63) is 34.9 Å².